The van der Waals surface area contributed by atoms with E-state index in [9.17, 15) is 22.8 Å². The summed E-state index contributed by atoms with van der Waals surface area (Å²) < 4.78 is 41.9. The number of aromatic nitrogens is 2. The molecule has 0 bridgehead atoms. The van der Waals surface area contributed by atoms with E-state index < -0.39 is 41.0 Å². The number of carbonyl (C=O) groups is 2. The van der Waals surface area contributed by atoms with E-state index in [-0.39, 0.29) is 6.42 Å². The van der Waals surface area contributed by atoms with Crippen molar-refractivity contribution in [2.75, 3.05) is 10.6 Å². The van der Waals surface area contributed by atoms with Gasteiger partial charge in [0, 0.05) is 16.1 Å². The van der Waals surface area contributed by atoms with Crippen molar-refractivity contribution in [1.82, 2.24) is 9.78 Å². The number of halogens is 4. The Labute approximate surface area is 173 Å². The molecule has 4 rings (SSSR count). The van der Waals surface area contributed by atoms with Crippen molar-refractivity contribution in [2.45, 2.75) is 19.4 Å². The molecule has 0 aliphatic carbocycles. The lowest BCUT2D eigenvalue weighted by molar-refractivity contribution is -0.125. The van der Waals surface area contributed by atoms with Crippen molar-refractivity contribution < 1.29 is 22.8 Å². The molecule has 0 saturated carbocycles. The second-order valence-corrected chi connectivity index (χ2v) is 7.19. The number of nitrogens with zero attached hydrogens (tertiary/aromatic N) is 2. The zero-order chi connectivity index (χ0) is 21.6. The second kappa shape index (κ2) is 7.49. The maximum atomic E-state index is 13.9. The summed E-state index contributed by atoms with van der Waals surface area (Å²) in [6.45, 7) is 1.73. The molecule has 154 valence electrons. The number of hydrogen-bond acceptors (Lipinski definition) is 3. The molecule has 3 aromatic rings. The molecule has 1 atom stereocenters. The number of hydrogen-bond donors (Lipinski definition) is 2. The summed E-state index contributed by atoms with van der Waals surface area (Å²) in [7, 11) is 0. The molecule has 0 unspecified atom stereocenters. The molecule has 6 nitrogen and oxygen atoms in total. The first-order valence-electron chi connectivity index (χ1n) is 8.85. The van der Waals surface area contributed by atoms with E-state index in [2.05, 4.69) is 15.7 Å². The Kier molecular flexibility index (Phi) is 4.98. The zero-order valence-corrected chi connectivity index (χ0v) is 16.2. The van der Waals surface area contributed by atoms with E-state index in [0.717, 1.165) is 6.07 Å². The number of benzene rings is 2. The van der Waals surface area contributed by atoms with Crippen molar-refractivity contribution in [3.8, 4) is 11.3 Å². The van der Waals surface area contributed by atoms with Crippen LogP contribution in [-0.4, -0.2) is 21.6 Å². The first-order valence-corrected chi connectivity index (χ1v) is 9.23. The van der Waals surface area contributed by atoms with Crippen LogP contribution < -0.4 is 10.6 Å². The second-order valence-electron chi connectivity index (χ2n) is 6.76. The standard InChI is InChI=1S/C20H14ClF3N4O2/c1-9-18(10-3-2-4-11(21)7-10)27-28-14(8-15(29)26-19(9)28)20(30)25-13-6-5-12(22)16(23)17(13)24/h2-7,14H,8H2,1H3,(H,25,30)(H,26,29)/t14-/m0/s1. The van der Waals surface area contributed by atoms with Gasteiger partial charge in [0.25, 0.3) is 0 Å². The van der Waals surface area contributed by atoms with Gasteiger partial charge in [-0.25, -0.2) is 17.9 Å². The third-order valence-corrected chi connectivity index (χ3v) is 5.01. The Balaban J connectivity index is 1.71. The molecule has 2 N–H and O–H groups in total. The van der Waals surface area contributed by atoms with Gasteiger partial charge in [-0.05, 0) is 31.2 Å². The zero-order valence-electron chi connectivity index (χ0n) is 15.5. The number of carbonyl (C=O) groups excluding carboxylic acids is 2. The quantitative estimate of drug-likeness (QED) is 0.598. The van der Waals surface area contributed by atoms with Gasteiger partial charge in [-0.1, -0.05) is 23.7 Å². The summed E-state index contributed by atoms with van der Waals surface area (Å²) in [6.07, 6.45) is -0.264. The summed E-state index contributed by atoms with van der Waals surface area (Å²) in [5.41, 5.74) is 1.26. The van der Waals surface area contributed by atoms with Gasteiger partial charge in [0.2, 0.25) is 11.8 Å². The van der Waals surface area contributed by atoms with E-state index in [0.29, 0.717) is 33.7 Å². The van der Waals surface area contributed by atoms with Crippen LogP contribution in [0.2, 0.25) is 5.02 Å². The summed E-state index contributed by atoms with van der Waals surface area (Å²) in [4.78, 5) is 25.0. The van der Waals surface area contributed by atoms with Gasteiger partial charge in [0.1, 0.15) is 11.9 Å². The van der Waals surface area contributed by atoms with Crippen molar-refractivity contribution >= 4 is 34.9 Å². The summed E-state index contributed by atoms with van der Waals surface area (Å²) in [6, 6.07) is 7.39. The van der Waals surface area contributed by atoms with E-state index in [1.54, 1.807) is 31.2 Å². The molecule has 2 aromatic carbocycles. The van der Waals surface area contributed by atoms with Crippen molar-refractivity contribution in [2.24, 2.45) is 0 Å². The Morgan fingerprint density at radius 1 is 1.23 bits per heavy atom. The monoisotopic (exact) mass is 434 g/mol. The average Bonchev–Trinajstić information content (AvgIpc) is 3.04. The van der Waals surface area contributed by atoms with Crippen LogP contribution in [0.25, 0.3) is 11.3 Å². The molecule has 0 saturated heterocycles. The van der Waals surface area contributed by atoms with Crippen molar-refractivity contribution in [3.05, 3.63) is 64.4 Å². The number of nitrogens with one attached hydrogen (secondary N) is 2. The Bertz CT molecular complexity index is 1200. The topological polar surface area (TPSA) is 76.0 Å². The Hall–Kier alpha value is -3.33. The van der Waals surface area contributed by atoms with Gasteiger partial charge in [0.15, 0.2) is 17.5 Å². The third-order valence-electron chi connectivity index (χ3n) is 4.77. The van der Waals surface area contributed by atoms with Crippen LogP contribution >= 0.6 is 11.6 Å². The molecule has 0 radical (unpaired) electrons. The fraction of sp³-hybridized carbons (Fsp3) is 0.150. The van der Waals surface area contributed by atoms with Crippen LogP contribution in [0.3, 0.4) is 0 Å². The van der Waals surface area contributed by atoms with Gasteiger partial charge < -0.3 is 10.6 Å². The maximum absolute atomic E-state index is 13.9. The van der Waals surface area contributed by atoms with E-state index in [4.69, 9.17) is 11.6 Å². The minimum Gasteiger partial charge on any atom is -0.322 e. The number of fused-ring (bicyclic) bond motifs is 1. The predicted molar refractivity (Wildman–Crippen MR) is 105 cm³/mol. The van der Waals surface area contributed by atoms with Crippen LogP contribution in [0.15, 0.2) is 36.4 Å². The number of rotatable bonds is 3. The highest BCUT2D eigenvalue weighted by Crippen LogP contribution is 2.35. The Morgan fingerprint density at radius 3 is 2.73 bits per heavy atom. The van der Waals surface area contributed by atoms with Crippen LogP contribution in [-0.2, 0) is 9.59 Å². The SMILES string of the molecule is Cc1c(-c2cccc(Cl)c2)nn2c1NC(=O)C[C@H]2C(=O)Nc1ccc(F)c(F)c1F. The van der Waals surface area contributed by atoms with Gasteiger partial charge in [0.05, 0.1) is 17.8 Å². The first-order chi connectivity index (χ1) is 14.3. The molecule has 30 heavy (non-hydrogen) atoms. The molecule has 2 heterocycles. The summed E-state index contributed by atoms with van der Waals surface area (Å²) in [5, 5.41) is 9.82. The average molecular weight is 435 g/mol. The van der Waals surface area contributed by atoms with Crippen molar-refractivity contribution in [1.29, 1.82) is 0 Å². The minimum atomic E-state index is -1.70. The normalized spacial score (nSPS) is 15.5. The molecular weight excluding hydrogens is 421 g/mol. The molecular formula is C20H14ClF3N4O2. The molecule has 0 fully saturated rings. The van der Waals surface area contributed by atoms with Crippen molar-refractivity contribution in [3.63, 3.8) is 0 Å². The molecule has 10 heteroatoms. The highest BCUT2D eigenvalue weighted by molar-refractivity contribution is 6.30. The highest BCUT2D eigenvalue weighted by Gasteiger charge is 2.34. The fourth-order valence-corrected chi connectivity index (χ4v) is 3.48. The number of anilines is 2. The Morgan fingerprint density at radius 2 is 2.00 bits per heavy atom. The first kappa shape index (κ1) is 20.0. The fourth-order valence-electron chi connectivity index (χ4n) is 3.29. The molecule has 1 aliphatic rings. The largest absolute Gasteiger partial charge is 0.322 e. The minimum absolute atomic E-state index is 0.264. The summed E-state index contributed by atoms with van der Waals surface area (Å²) in [5.74, 6) is -5.52. The molecule has 2 amide bonds. The van der Waals surface area contributed by atoms with Gasteiger partial charge in [-0.2, -0.15) is 5.10 Å². The van der Waals surface area contributed by atoms with E-state index >= 15 is 0 Å². The highest BCUT2D eigenvalue weighted by atomic mass is 35.5. The summed E-state index contributed by atoms with van der Waals surface area (Å²) >= 11 is 6.04. The molecule has 0 spiro atoms. The maximum Gasteiger partial charge on any atom is 0.249 e. The third kappa shape index (κ3) is 3.41. The van der Waals surface area contributed by atoms with Gasteiger partial charge in [-0.3, -0.25) is 9.59 Å². The van der Waals surface area contributed by atoms with E-state index in [1.807, 2.05) is 0 Å². The predicted octanol–water partition coefficient (Wildman–Crippen LogP) is 4.45. The smallest absolute Gasteiger partial charge is 0.249 e. The molecule has 1 aliphatic heterocycles. The van der Waals surface area contributed by atoms with Gasteiger partial charge >= 0.3 is 0 Å². The molecule has 1 aromatic heterocycles. The lowest BCUT2D eigenvalue weighted by atomic mass is 10.1. The van der Waals surface area contributed by atoms with Gasteiger partial charge in [-0.15, -0.1) is 0 Å². The van der Waals surface area contributed by atoms with E-state index in [1.165, 1.54) is 4.68 Å². The van der Waals surface area contributed by atoms with Crippen LogP contribution in [0.5, 0.6) is 0 Å². The lowest BCUT2D eigenvalue weighted by Gasteiger charge is -2.24. The number of amides is 2. The van der Waals surface area contributed by atoms with Crippen LogP contribution in [0.1, 0.15) is 18.0 Å². The van der Waals surface area contributed by atoms with Crippen LogP contribution in [0.4, 0.5) is 24.7 Å². The lowest BCUT2D eigenvalue weighted by Crippen LogP contribution is -2.36. The van der Waals surface area contributed by atoms with Crippen LogP contribution in [0, 0.1) is 24.4 Å².